The number of nitrogens with zero attached hydrogens (tertiary/aromatic N) is 1. The molecule has 0 saturated heterocycles. The Labute approximate surface area is 114 Å². The van der Waals surface area contributed by atoms with E-state index in [4.69, 9.17) is 4.52 Å². The Morgan fingerprint density at radius 2 is 1.79 bits per heavy atom. The van der Waals surface area contributed by atoms with Crippen molar-refractivity contribution in [2.24, 2.45) is 0 Å². The topological polar surface area (TPSA) is 46.3 Å². The van der Waals surface area contributed by atoms with Gasteiger partial charge in [0.2, 0.25) is 0 Å². The first-order valence-corrected chi connectivity index (χ1v) is 6.10. The molecule has 1 N–H and O–H groups in total. The molecule has 0 fully saturated rings. The van der Waals surface area contributed by atoms with Crippen LogP contribution in [-0.4, -0.2) is 10.3 Å². The predicted molar refractivity (Wildman–Crippen MR) is 68.7 cm³/mol. The monoisotopic (exact) mass is 325 g/mol. The molecule has 3 nitrogen and oxygen atoms in total. The Kier molecular flexibility index (Phi) is 2.74. The third-order valence-corrected chi connectivity index (χ3v) is 3.53. The molecule has 0 saturated carbocycles. The molecule has 19 heavy (non-hydrogen) atoms. The minimum absolute atomic E-state index is 0.0378. The smallest absolute Gasteiger partial charge is 0.185 e. The van der Waals surface area contributed by atoms with Gasteiger partial charge in [-0.1, -0.05) is 11.2 Å². The van der Waals surface area contributed by atoms with Crippen LogP contribution in [0, 0.1) is 11.6 Å². The molecule has 0 atom stereocenters. The molecule has 0 unspecified atom stereocenters. The number of phenols is 1. The van der Waals surface area contributed by atoms with E-state index in [-0.39, 0.29) is 22.6 Å². The molecule has 1 heterocycles. The summed E-state index contributed by atoms with van der Waals surface area (Å²) < 4.78 is 32.8. The number of hydrogen-bond donors (Lipinski definition) is 1. The maximum absolute atomic E-state index is 13.7. The van der Waals surface area contributed by atoms with Gasteiger partial charge in [0.25, 0.3) is 0 Å². The van der Waals surface area contributed by atoms with E-state index in [1.54, 1.807) is 0 Å². The van der Waals surface area contributed by atoms with E-state index in [1.165, 1.54) is 18.2 Å². The van der Waals surface area contributed by atoms with Crippen molar-refractivity contribution in [2.75, 3.05) is 0 Å². The van der Waals surface area contributed by atoms with Crippen molar-refractivity contribution in [1.29, 1.82) is 0 Å². The Balaban J connectivity index is 2.36. The second-order valence-corrected chi connectivity index (χ2v) is 4.70. The lowest BCUT2D eigenvalue weighted by atomic mass is 10.1. The minimum atomic E-state index is -0.723. The van der Waals surface area contributed by atoms with Crippen molar-refractivity contribution in [3.8, 4) is 17.0 Å². The zero-order valence-corrected chi connectivity index (χ0v) is 10.9. The van der Waals surface area contributed by atoms with Crippen LogP contribution < -0.4 is 0 Å². The van der Waals surface area contributed by atoms with Gasteiger partial charge in [-0.05, 0) is 40.2 Å². The summed E-state index contributed by atoms with van der Waals surface area (Å²) in [6.45, 7) is 0. The number of benzene rings is 2. The first kappa shape index (κ1) is 12.1. The Bertz CT molecular complexity index is 765. The molecule has 2 aromatic carbocycles. The Morgan fingerprint density at radius 3 is 2.47 bits per heavy atom. The van der Waals surface area contributed by atoms with Gasteiger partial charge in [-0.2, -0.15) is 0 Å². The molecule has 6 heteroatoms. The second kappa shape index (κ2) is 4.31. The second-order valence-electron chi connectivity index (χ2n) is 3.90. The number of rotatable bonds is 1. The number of halogens is 3. The molecular weight excluding hydrogens is 320 g/mol. The van der Waals surface area contributed by atoms with Crippen LogP contribution in [0.4, 0.5) is 8.78 Å². The summed E-state index contributed by atoms with van der Waals surface area (Å²) in [5.41, 5.74) is 0.0443. The highest BCUT2D eigenvalue weighted by atomic mass is 79.9. The number of fused-ring (bicyclic) bond motifs is 1. The quantitative estimate of drug-likeness (QED) is 0.727. The largest absolute Gasteiger partial charge is 0.507 e. The average molecular weight is 326 g/mol. The van der Waals surface area contributed by atoms with Gasteiger partial charge in [-0.25, -0.2) is 8.78 Å². The van der Waals surface area contributed by atoms with Crippen molar-refractivity contribution in [2.45, 2.75) is 0 Å². The van der Waals surface area contributed by atoms with Crippen molar-refractivity contribution in [3.63, 3.8) is 0 Å². The fourth-order valence-electron chi connectivity index (χ4n) is 1.87. The molecule has 0 radical (unpaired) electrons. The van der Waals surface area contributed by atoms with Crippen molar-refractivity contribution in [1.82, 2.24) is 5.16 Å². The molecule has 96 valence electrons. The lowest BCUT2D eigenvalue weighted by Gasteiger charge is -2.01. The third-order valence-electron chi connectivity index (χ3n) is 2.76. The summed E-state index contributed by atoms with van der Waals surface area (Å²) >= 11 is 3.13. The number of aromatic nitrogens is 1. The lowest BCUT2D eigenvalue weighted by Crippen LogP contribution is -1.89. The van der Waals surface area contributed by atoms with Crippen LogP contribution in [0.5, 0.6) is 5.75 Å². The SMILES string of the molecule is Oc1ccc2c(-c3c(F)cccc3F)noc2c1Br. The van der Waals surface area contributed by atoms with Gasteiger partial charge in [0, 0.05) is 0 Å². The first-order chi connectivity index (χ1) is 9.09. The summed E-state index contributed by atoms with van der Waals surface area (Å²) in [4.78, 5) is 0. The van der Waals surface area contributed by atoms with Crippen LogP contribution in [0.3, 0.4) is 0 Å². The van der Waals surface area contributed by atoms with E-state index in [9.17, 15) is 13.9 Å². The fourth-order valence-corrected chi connectivity index (χ4v) is 2.28. The maximum atomic E-state index is 13.7. The molecule has 0 aliphatic rings. The summed E-state index contributed by atoms with van der Waals surface area (Å²) in [6, 6.07) is 6.46. The number of aromatic hydroxyl groups is 1. The first-order valence-electron chi connectivity index (χ1n) is 5.31. The van der Waals surface area contributed by atoms with Crippen LogP contribution in [0.25, 0.3) is 22.2 Å². The van der Waals surface area contributed by atoms with Gasteiger partial charge in [-0.15, -0.1) is 0 Å². The Morgan fingerprint density at radius 1 is 1.11 bits per heavy atom. The Hall–Kier alpha value is -1.95. The molecule has 1 aromatic heterocycles. The number of hydrogen-bond acceptors (Lipinski definition) is 3. The van der Waals surface area contributed by atoms with Gasteiger partial charge >= 0.3 is 0 Å². The molecule has 0 bridgehead atoms. The molecule has 0 amide bonds. The average Bonchev–Trinajstić information content (AvgIpc) is 2.78. The summed E-state index contributed by atoms with van der Waals surface area (Å²) in [7, 11) is 0. The van der Waals surface area contributed by atoms with Crippen molar-refractivity contribution in [3.05, 3.63) is 46.4 Å². The van der Waals surface area contributed by atoms with E-state index in [2.05, 4.69) is 21.1 Å². The van der Waals surface area contributed by atoms with E-state index in [1.807, 2.05) is 0 Å². The summed E-state index contributed by atoms with van der Waals surface area (Å²) in [5, 5.41) is 13.6. The zero-order chi connectivity index (χ0) is 13.6. The molecule has 3 aromatic rings. The van der Waals surface area contributed by atoms with Gasteiger partial charge in [-0.3, -0.25) is 0 Å². The van der Waals surface area contributed by atoms with Gasteiger partial charge in [0.05, 0.1) is 10.9 Å². The lowest BCUT2D eigenvalue weighted by molar-refractivity contribution is 0.446. The fraction of sp³-hybridized carbons (Fsp3) is 0. The highest BCUT2D eigenvalue weighted by molar-refractivity contribution is 9.10. The van der Waals surface area contributed by atoms with E-state index >= 15 is 0 Å². The normalized spacial score (nSPS) is 11.1. The van der Waals surface area contributed by atoms with Crippen LogP contribution in [0.2, 0.25) is 0 Å². The van der Waals surface area contributed by atoms with Crippen LogP contribution in [0.1, 0.15) is 0 Å². The molecule has 0 aliphatic carbocycles. The predicted octanol–water partition coefficient (Wildman–Crippen LogP) is 4.24. The van der Waals surface area contributed by atoms with E-state index in [0.29, 0.717) is 9.86 Å². The minimum Gasteiger partial charge on any atom is -0.507 e. The van der Waals surface area contributed by atoms with Crippen LogP contribution >= 0.6 is 15.9 Å². The molecule has 0 aliphatic heterocycles. The highest BCUT2D eigenvalue weighted by Gasteiger charge is 2.20. The van der Waals surface area contributed by atoms with Gasteiger partial charge in [0.15, 0.2) is 5.58 Å². The van der Waals surface area contributed by atoms with Gasteiger partial charge < -0.3 is 9.63 Å². The van der Waals surface area contributed by atoms with E-state index < -0.39 is 11.6 Å². The van der Waals surface area contributed by atoms with E-state index in [0.717, 1.165) is 12.1 Å². The standard InChI is InChI=1S/C13H6BrF2NO2/c14-11-9(18)5-4-6-12(17-19-13(6)11)10-7(15)2-1-3-8(10)16/h1-5,18H. The maximum Gasteiger partial charge on any atom is 0.185 e. The summed E-state index contributed by atoms with van der Waals surface area (Å²) in [5.74, 6) is -1.48. The van der Waals surface area contributed by atoms with Crippen LogP contribution in [-0.2, 0) is 0 Å². The molecule has 3 rings (SSSR count). The van der Waals surface area contributed by atoms with Gasteiger partial charge in [0.1, 0.15) is 27.6 Å². The van der Waals surface area contributed by atoms with Crippen molar-refractivity contribution >= 4 is 26.9 Å². The summed E-state index contributed by atoms with van der Waals surface area (Å²) in [6.07, 6.45) is 0. The van der Waals surface area contributed by atoms with Crippen molar-refractivity contribution < 1.29 is 18.4 Å². The number of phenolic OH excluding ortho intramolecular Hbond substituents is 1. The highest BCUT2D eigenvalue weighted by Crippen LogP contribution is 2.38. The molecule has 0 spiro atoms. The van der Waals surface area contributed by atoms with Crippen LogP contribution in [0.15, 0.2) is 39.3 Å². The molecular formula is C13H6BrF2NO2. The third kappa shape index (κ3) is 1.79. The zero-order valence-electron chi connectivity index (χ0n) is 9.32.